The molecule has 0 aliphatic carbocycles. The van der Waals surface area contributed by atoms with Crippen LogP contribution >= 0.6 is 0 Å². The van der Waals surface area contributed by atoms with Gasteiger partial charge in [-0.15, -0.1) is 0 Å². The Bertz CT molecular complexity index is 425. The van der Waals surface area contributed by atoms with Gasteiger partial charge in [-0.25, -0.2) is 0 Å². The molecule has 0 spiro atoms. The van der Waals surface area contributed by atoms with Crippen LogP contribution in [0, 0.1) is 17.8 Å². The van der Waals surface area contributed by atoms with Crippen LogP contribution in [0.1, 0.15) is 53.4 Å². The fraction of sp³-hybridized carbons (Fsp3) is 0.833. The van der Waals surface area contributed by atoms with Gasteiger partial charge in [0.05, 0.1) is 12.6 Å². The summed E-state index contributed by atoms with van der Waals surface area (Å²) < 4.78 is 0. The predicted octanol–water partition coefficient (Wildman–Crippen LogP) is 0.563. The molecule has 0 aliphatic rings. The first-order chi connectivity index (χ1) is 11.7. The second-order valence-electron chi connectivity index (χ2n) is 7.22. The van der Waals surface area contributed by atoms with Crippen molar-refractivity contribution >= 4 is 17.6 Å². The lowest BCUT2D eigenvalue weighted by atomic mass is 9.94. The van der Waals surface area contributed by atoms with E-state index in [1.54, 1.807) is 13.8 Å². The normalized spacial score (nSPS) is 13.6. The Kier molecular flexibility index (Phi) is 12.1. The van der Waals surface area contributed by atoms with Gasteiger partial charge in [-0.2, -0.15) is 0 Å². The van der Waals surface area contributed by atoms with Crippen molar-refractivity contribution in [3.8, 4) is 0 Å². The fourth-order valence-corrected chi connectivity index (χ4v) is 2.55. The van der Waals surface area contributed by atoms with Gasteiger partial charge in [0, 0.05) is 11.8 Å². The van der Waals surface area contributed by atoms with Crippen molar-refractivity contribution in [2.75, 3.05) is 19.6 Å². The Morgan fingerprint density at radius 3 is 1.96 bits per heavy atom. The maximum Gasteiger partial charge on any atom is 0.239 e. The highest BCUT2D eigenvalue weighted by Gasteiger charge is 2.23. The summed E-state index contributed by atoms with van der Waals surface area (Å²) in [6.07, 6.45) is 2.68. The van der Waals surface area contributed by atoms with Crippen LogP contribution in [0.15, 0.2) is 0 Å². The number of hydrogen-bond donors (Lipinski definition) is 4. The van der Waals surface area contributed by atoms with Crippen molar-refractivity contribution in [2.45, 2.75) is 59.4 Å². The van der Waals surface area contributed by atoms with Crippen molar-refractivity contribution in [3.05, 3.63) is 0 Å². The van der Waals surface area contributed by atoms with Crippen LogP contribution < -0.4 is 22.1 Å². The molecular formula is C18H36N4O3. The Labute approximate surface area is 151 Å². The van der Waals surface area contributed by atoms with E-state index in [-0.39, 0.29) is 36.0 Å². The van der Waals surface area contributed by atoms with Gasteiger partial charge in [0.15, 0.2) is 5.78 Å². The first kappa shape index (κ1) is 23.5. The summed E-state index contributed by atoms with van der Waals surface area (Å²) in [6, 6.07) is -0.602. The first-order valence-corrected chi connectivity index (χ1v) is 9.23. The summed E-state index contributed by atoms with van der Waals surface area (Å²) in [7, 11) is 0. The molecule has 0 aromatic rings. The van der Waals surface area contributed by atoms with E-state index in [2.05, 4.69) is 24.5 Å². The smallest absolute Gasteiger partial charge is 0.239 e. The van der Waals surface area contributed by atoms with E-state index in [0.29, 0.717) is 31.8 Å². The average Bonchev–Trinajstić information content (AvgIpc) is 2.55. The zero-order chi connectivity index (χ0) is 19.4. The van der Waals surface area contributed by atoms with Gasteiger partial charge < -0.3 is 22.1 Å². The molecule has 0 saturated heterocycles. The molecule has 2 atom stereocenters. The lowest BCUT2D eigenvalue weighted by molar-refractivity contribution is -0.131. The van der Waals surface area contributed by atoms with Crippen molar-refractivity contribution in [1.82, 2.24) is 10.6 Å². The van der Waals surface area contributed by atoms with Gasteiger partial charge in [0.2, 0.25) is 11.8 Å². The van der Waals surface area contributed by atoms with Crippen LogP contribution in [0.25, 0.3) is 0 Å². The van der Waals surface area contributed by atoms with E-state index in [9.17, 15) is 14.4 Å². The number of Topliss-reactive ketones (excluding diaryl/α,β-unsaturated/α-hetero) is 1. The SMILES string of the molecule is CC(C)CCC(CCN)C(=O)NCC(=O)NC(CCN)C(=O)C(C)C. The second-order valence-corrected chi connectivity index (χ2v) is 7.22. The Hall–Kier alpha value is -1.47. The Balaban J connectivity index is 4.52. The molecule has 0 heterocycles. The van der Waals surface area contributed by atoms with Gasteiger partial charge in [-0.3, -0.25) is 14.4 Å². The molecule has 7 heteroatoms. The summed E-state index contributed by atoms with van der Waals surface area (Å²) in [5.41, 5.74) is 11.1. The minimum absolute atomic E-state index is 0.0527. The molecule has 0 saturated carbocycles. The number of hydrogen-bond acceptors (Lipinski definition) is 5. The van der Waals surface area contributed by atoms with E-state index in [0.717, 1.165) is 12.8 Å². The van der Waals surface area contributed by atoms with E-state index in [1.807, 2.05) is 0 Å². The fourth-order valence-electron chi connectivity index (χ4n) is 2.55. The van der Waals surface area contributed by atoms with Gasteiger partial charge in [0.1, 0.15) is 0 Å². The summed E-state index contributed by atoms with van der Waals surface area (Å²) in [4.78, 5) is 36.4. The van der Waals surface area contributed by atoms with Crippen LogP contribution in [-0.4, -0.2) is 43.3 Å². The highest BCUT2D eigenvalue weighted by Crippen LogP contribution is 2.15. The molecule has 2 amide bonds. The minimum atomic E-state index is -0.602. The minimum Gasteiger partial charge on any atom is -0.347 e. The van der Waals surface area contributed by atoms with E-state index in [1.165, 1.54) is 0 Å². The van der Waals surface area contributed by atoms with Crippen LogP contribution in [0.4, 0.5) is 0 Å². The molecule has 0 rings (SSSR count). The summed E-state index contributed by atoms with van der Waals surface area (Å²) in [5, 5.41) is 5.33. The molecule has 0 aliphatic heterocycles. The molecular weight excluding hydrogens is 320 g/mol. The van der Waals surface area contributed by atoms with E-state index in [4.69, 9.17) is 11.5 Å². The Morgan fingerprint density at radius 1 is 0.880 bits per heavy atom. The van der Waals surface area contributed by atoms with E-state index < -0.39 is 6.04 Å². The number of nitrogens with two attached hydrogens (primary N) is 2. The molecule has 0 bridgehead atoms. The third-order valence-corrected chi connectivity index (χ3v) is 4.10. The largest absolute Gasteiger partial charge is 0.347 e. The quantitative estimate of drug-likeness (QED) is 0.383. The maximum absolute atomic E-state index is 12.3. The van der Waals surface area contributed by atoms with Gasteiger partial charge >= 0.3 is 0 Å². The lowest BCUT2D eigenvalue weighted by Gasteiger charge is -2.20. The number of ketones is 1. The first-order valence-electron chi connectivity index (χ1n) is 9.23. The van der Waals surface area contributed by atoms with Crippen LogP contribution in [0.2, 0.25) is 0 Å². The van der Waals surface area contributed by atoms with Crippen molar-refractivity contribution in [3.63, 3.8) is 0 Å². The maximum atomic E-state index is 12.3. The van der Waals surface area contributed by atoms with E-state index >= 15 is 0 Å². The third kappa shape index (κ3) is 10.2. The van der Waals surface area contributed by atoms with Gasteiger partial charge in [-0.05, 0) is 38.3 Å². The second kappa shape index (κ2) is 12.8. The summed E-state index contributed by atoms with van der Waals surface area (Å²) in [6.45, 7) is 8.38. The number of carbonyl (C=O) groups excluding carboxylic acids is 3. The molecule has 0 aromatic heterocycles. The molecule has 25 heavy (non-hydrogen) atoms. The average molecular weight is 357 g/mol. The number of carbonyl (C=O) groups is 3. The molecule has 7 nitrogen and oxygen atoms in total. The monoisotopic (exact) mass is 356 g/mol. The Morgan fingerprint density at radius 2 is 1.48 bits per heavy atom. The zero-order valence-corrected chi connectivity index (χ0v) is 16.1. The third-order valence-electron chi connectivity index (χ3n) is 4.10. The highest BCUT2D eigenvalue weighted by atomic mass is 16.2. The number of rotatable bonds is 13. The predicted molar refractivity (Wildman–Crippen MR) is 99.7 cm³/mol. The van der Waals surface area contributed by atoms with Crippen molar-refractivity contribution in [1.29, 1.82) is 0 Å². The number of amides is 2. The summed E-state index contributed by atoms with van der Waals surface area (Å²) >= 11 is 0. The standard InChI is InChI=1S/C18H36N4O3/c1-12(2)5-6-14(7-9-19)18(25)21-11-16(23)22-15(8-10-20)17(24)13(3)4/h12-15H,5-11,19-20H2,1-4H3,(H,21,25)(H,22,23). The number of nitrogens with one attached hydrogen (secondary N) is 2. The molecule has 0 fully saturated rings. The van der Waals surface area contributed by atoms with Crippen LogP contribution in [0.3, 0.4) is 0 Å². The molecule has 6 N–H and O–H groups in total. The zero-order valence-electron chi connectivity index (χ0n) is 16.1. The van der Waals surface area contributed by atoms with Crippen LogP contribution in [-0.2, 0) is 14.4 Å². The molecule has 2 unspecified atom stereocenters. The van der Waals surface area contributed by atoms with Crippen molar-refractivity contribution < 1.29 is 14.4 Å². The highest BCUT2D eigenvalue weighted by molar-refractivity contribution is 5.92. The van der Waals surface area contributed by atoms with Gasteiger partial charge in [-0.1, -0.05) is 34.1 Å². The molecule has 0 aromatic carbocycles. The van der Waals surface area contributed by atoms with Crippen molar-refractivity contribution in [2.24, 2.45) is 29.2 Å². The lowest BCUT2D eigenvalue weighted by Crippen LogP contribution is -2.48. The molecule has 0 radical (unpaired) electrons. The topological polar surface area (TPSA) is 127 Å². The van der Waals surface area contributed by atoms with Gasteiger partial charge in [0.25, 0.3) is 0 Å². The molecule has 146 valence electrons. The van der Waals surface area contributed by atoms with Crippen LogP contribution in [0.5, 0.6) is 0 Å². The summed E-state index contributed by atoms with van der Waals surface area (Å²) in [5.74, 6) is -0.449.